The fourth-order valence-corrected chi connectivity index (χ4v) is 10.6. The molecule has 3 aromatic heterocycles. The third-order valence-corrected chi connectivity index (χ3v) is 15.1. The van der Waals surface area contributed by atoms with Crippen LogP contribution in [0.5, 0.6) is 5.75 Å². The Bertz CT molecular complexity index is 2510. The molecule has 0 saturated carbocycles. The van der Waals surface area contributed by atoms with Gasteiger partial charge in [-0.3, -0.25) is 19.2 Å². The molecule has 0 spiro atoms. The third-order valence-electron chi connectivity index (χ3n) is 14.1. The number of nitrogens with one attached hydrogen (secondary N) is 3. The maximum Gasteiger partial charge on any atom is 0.246 e. The highest BCUT2D eigenvalue weighted by Crippen LogP contribution is 2.35. The Balaban J connectivity index is 0.688. The number of rotatable bonds is 25. The van der Waals surface area contributed by atoms with E-state index in [9.17, 15) is 29.4 Å². The van der Waals surface area contributed by atoms with Crippen LogP contribution in [0.2, 0.25) is 0 Å². The molecule has 5 heterocycles. The fourth-order valence-electron chi connectivity index (χ4n) is 9.84. The van der Waals surface area contributed by atoms with Crippen molar-refractivity contribution in [1.29, 1.82) is 0 Å². The van der Waals surface area contributed by atoms with E-state index in [1.165, 1.54) is 56.3 Å². The van der Waals surface area contributed by atoms with Gasteiger partial charge in [-0.25, -0.2) is 4.98 Å². The van der Waals surface area contributed by atoms with Gasteiger partial charge in [0.1, 0.15) is 17.8 Å². The molecule has 14 nitrogen and oxygen atoms in total. The number of aryl methyl sites for hydroxylation is 1. The van der Waals surface area contributed by atoms with Crippen molar-refractivity contribution in [2.24, 2.45) is 5.41 Å². The van der Waals surface area contributed by atoms with Crippen LogP contribution in [-0.4, -0.2) is 102 Å². The van der Waals surface area contributed by atoms with E-state index in [1.807, 2.05) is 86.8 Å². The Morgan fingerprint density at radius 1 is 0.829 bits per heavy atom. The Morgan fingerprint density at radius 2 is 1.46 bits per heavy atom. The molecule has 2 aliphatic rings. The third kappa shape index (κ3) is 14.0. The van der Waals surface area contributed by atoms with Crippen LogP contribution in [-0.2, 0) is 25.7 Å². The molecular formula is C55H74N8O6S. The molecule has 15 heteroatoms. The van der Waals surface area contributed by atoms with Crippen LogP contribution in [0.4, 0.5) is 0 Å². The average Bonchev–Trinajstić information content (AvgIpc) is 4.07. The Labute approximate surface area is 417 Å². The van der Waals surface area contributed by atoms with E-state index in [2.05, 4.69) is 30.8 Å². The molecule has 3 atom stereocenters. The summed E-state index contributed by atoms with van der Waals surface area (Å²) in [5.74, 6) is -0.151. The molecule has 2 aromatic carbocycles. The Morgan fingerprint density at radius 3 is 2.07 bits per heavy atom. The first-order chi connectivity index (χ1) is 33.8. The molecule has 0 unspecified atom stereocenters. The quantitative estimate of drug-likeness (QED) is 0.0354. The number of likely N-dealkylation sites (tertiary alicyclic amines) is 2. The van der Waals surface area contributed by atoms with Crippen molar-refractivity contribution in [3.63, 3.8) is 0 Å². The van der Waals surface area contributed by atoms with E-state index in [4.69, 9.17) is 0 Å². The number of fused-ring (bicyclic) bond motifs is 1. The number of benzene rings is 2. The second-order valence-corrected chi connectivity index (χ2v) is 21.5. The number of aliphatic hydroxyl groups excluding tert-OH is 1. The van der Waals surface area contributed by atoms with Crippen molar-refractivity contribution in [3.05, 3.63) is 83.1 Å². The van der Waals surface area contributed by atoms with E-state index >= 15 is 0 Å². The summed E-state index contributed by atoms with van der Waals surface area (Å²) in [7, 11) is 0. The number of carbonyl (C=O) groups excluding carboxylic acids is 4. The van der Waals surface area contributed by atoms with Gasteiger partial charge in [0, 0.05) is 68.5 Å². The topological polar surface area (TPSA) is 194 Å². The van der Waals surface area contributed by atoms with Crippen LogP contribution in [0.1, 0.15) is 153 Å². The molecule has 2 aliphatic heterocycles. The van der Waals surface area contributed by atoms with Gasteiger partial charge in [0.2, 0.25) is 23.6 Å². The highest BCUT2D eigenvalue weighted by atomic mass is 32.1. The summed E-state index contributed by atoms with van der Waals surface area (Å²) in [6, 6.07) is 15.4. The van der Waals surface area contributed by atoms with E-state index in [0.29, 0.717) is 49.4 Å². The standard InChI is InChI=1S/C55H74N8O6S/c1-37-50(70-36-58-37)39-27-25-38(26-28-39)31-57-53(68)46-29-41(64)35-63(46)54(69)51(55(2,3)4)59-48(66)23-17-15-13-11-9-7-5-6-8-10-12-14-16-18-24-49(67)62-33-40(34-62)44-32-56-52-43(44)30-45(60-61-52)42-21-19-20-22-47(42)65/h19-22,25-28,30,32,36,40-41,46,51,64-65H,5-18,23-24,29,31,33-35H2,1-4H3,(H,56,61)(H,57,68)(H,59,66)/t41-,46+,51-/m1/s1. The number of carbonyl (C=O) groups is 4. The largest absolute Gasteiger partial charge is 0.507 e. The van der Waals surface area contributed by atoms with Gasteiger partial charge in [0.05, 0.1) is 27.9 Å². The summed E-state index contributed by atoms with van der Waals surface area (Å²) < 4.78 is 0. The predicted molar refractivity (Wildman–Crippen MR) is 276 cm³/mol. The van der Waals surface area contributed by atoms with Gasteiger partial charge in [-0.1, -0.05) is 134 Å². The molecule has 376 valence electrons. The van der Waals surface area contributed by atoms with Crippen LogP contribution in [0.15, 0.2) is 66.3 Å². The van der Waals surface area contributed by atoms with Gasteiger partial charge in [0.25, 0.3) is 0 Å². The number of aromatic amines is 1. The van der Waals surface area contributed by atoms with Gasteiger partial charge in [-0.15, -0.1) is 21.5 Å². The summed E-state index contributed by atoms with van der Waals surface area (Å²) in [4.78, 5) is 65.5. The number of unbranched alkanes of at least 4 members (excludes halogenated alkanes) is 13. The van der Waals surface area contributed by atoms with Gasteiger partial charge in [-0.05, 0) is 60.1 Å². The molecule has 5 aromatic rings. The van der Waals surface area contributed by atoms with Crippen molar-refractivity contribution in [2.45, 2.75) is 167 Å². The first kappa shape index (κ1) is 52.2. The molecule has 70 heavy (non-hydrogen) atoms. The van der Waals surface area contributed by atoms with Crippen molar-refractivity contribution < 1.29 is 29.4 Å². The van der Waals surface area contributed by atoms with Crippen LogP contribution in [0.25, 0.3) is 32.7 Å². The number of phenols is 1. The van der Waals surface area contributed by atoms with Crippen molar-refractivity contribution >= 4 is 46.0 Å². The molecule has 0 radical (unpaired) electrons. The summed E-state index contributed by atoms with van der Waals surface area (Å²) in [6.45, 7) is 9.48. The lowest BCUT2D eigenvalue weighted by Crippen LogP contribution is -2.57. The lowest BCUT2D eigenvalue weighted by molar-refractivity contribution is -0.144. The SMILES string of the molecule is Cc1ncsc1-c1ccc(CNC(=O)[C@@H]2C[C@@H](O)CN2C(=O)[C@@H](NC(=O)CCCCCCCCCCCCCCCCC(=O)N2CC(c3c[nH]c4nnc(-c5ccccc5O)cc34)C2)C(C)(C)C)cc1. The number of aliphatic hydroxyl groups is 1. The molecule has 0 aliphatic carbocycles. The van der Waals surface area contributed by atoms with Crippen LogP contribution in [0.3, 0.4) is 0 Å². The van der Waals surface area contributed by atoms with Gasteiger partial charge in [0.15, 0.2) is 5.65 Å². The molecule has 2 saturated heterocycles. The maximum atomic E-state index is 14.0. The van der Waals surface area contributed by atoms with Crippen molar-refractivity contribution in [2.75, 3.05) is 19.6 Å². The minimum Gasteiger partial charge on any atom is -0.507 e. The number of thiazole rings is 1. The number of aromatic hydroxyl groups is 1. The van der Waals surface area contributed by atoms with Crippen LogP contribution < -0.4 is 10.6 Å². The number of amides is 4. The first-order valence-corrected chi connectivity index (χ1v) is 26.6. The number of aromatic nitrogens is 4. The Hall–Kier alpha value is -5.67. The number of H-pyrrole nitrogens is 1. The minimum atomic E-state index is -0.825. The molecule has 7 rings (SSSR count). The summed E-state index contributed by atoms with van der Waals surface area (Å²) in [6.07, 6.45) is 18.1. The first-order valence-electron chi connectivity index (χ1n) is 25.7. The maximum absolute atomic E-state index is 14.0. The van der Waals surface area contributed by atoms with Crippen LogP contribution in [0, 0.1) is 12.3 Å². The second kappa shape index (κ2) is 24.9. The zero-order valence-electron chi connectivity index (χ0n) is 41.7. The van der Waals surface area contributed by atoms with E-state index < -0.39 is 23.6 Å². The van der Waals surface area contributed by atoms with Gasteiger partial charge < -0.3 is 35.6 Å². The number of nitrogens with zero attached hydrogens (tertiary/aromatic N) is 5. The Kier molecular flexibility index (Phi) is 18.6. The minimum absolute atomic E-state index is 0.0484. The number of para-hydroxylation sites is 1. The molecule has 5 N–H and O–H groups in total. The number of β-amino-alcohol motifs (C(OH)–C–C–N with tert-alkyl or cyclic N) is 1. The van der Waals surface area contributed by atoms with Gasteiger partial charge in [-0.2, -0.15) is 0 Å². The molecule has 0 bridgehead atoms. The predicted octanol–water partition coefficient (Wildman–Crippen LogP) is 9.74. The summed E-state index contributed by atoms with van der Waals surface area (Å²) in [5, 5.41) is 36.4. The molecule has 2 fully saturated rings. The smallest absolute Gasteiger partial charge is 0.246 e. The monoisotopic (exact) mass is 975 g/mol. The number of hydrogen-bond acceptors (Lipinski definition) is 10. The van der Waals surface area contributed by atoms with Gasteiger partial charge >= 0.3 is 0 Å². The molecular weight excluding hydrogens is 901 g/mol. The zero-order chi connectivity index (χ0) is 49.6. The van der Waals surface area contributed by atoms with E-state index in [1.54, 1.807) is 23.5 Å². The van der Waals surface area contributed by atoms with Crippen molar-refractivity contribution in [3.8, 4) is 27.4 Å². The summed E-state index contributed by atoms with van der Waals surface area (Å²) >= 11 is 1.59. The number of phenolic OH excluding ortho intramolecular Hbond substituents is 1. The normalized spacial score (nSPS) is 16.6. The van der Waals surface area contributed by atoms with Crippen LogP contribution >= 0.6 is 11.3 Å². The second-order valence-electron chi connectivity index (χ2n) is 20.6. The fraction of sp³-hybridized carbons (Fsp3) is 0.545. The van der Waals surface area contributed by atoms with E-state index in [0.717, 1.165) is 71.2 Å². The highest BCUT2D eigenvalue weighted by molar-refractivity contribution is 7.13. The number of hydrogen-bond donors (Lipinski definition) is 5. The molecule has 4 amide bonds. The zero-order valence-corrected chi connectivity index (χ0v) is 42.5. The lowest BCUT2D eigenvalue weighted by atomic mass is 9.85. The summed E-state index contributed by atoms with van der Waals surface area (Å²) in [5.41, 5.74) is 7.34. The highest BCUT2D eigenvalue weighted by Gasteiger charge is 2.44. The van der Waals surface area contributed by atoms with E-state index in [-0.39, 0.29) is 48.3 Å². The van der Waals surface area contributed by atoms with Crippen molar-refractivity contribution in [1.82, 2.24) is 40.6 Å². The lowest BCUT2D eigenvalue weighted by Gasteiger charge is -2.39. The average molecular weight is 975 g/mol.